The number of benzene rings is 1. The Labute approximate surface area is 110 Å². The Morgan fingerprint density at radius 3 is 2.78 bits per heavy atom. The molecule has 1 atom stereocenters. The van der Waals surface area contributed by atoms with Gasteiger partial charge in [0.15, 0.2) is 0 Å². The summed E-state index contributed by atoms with van der Waals surface area (Å²) >= 11 is 0. The van der Waals surface area contributed by atoms with E-state index in [9.17, 15) is 4.21 Å². The largest absolute Gasteiger partial charge is 0.396 e. The molecule has 94 valence electrons. The van der Waals surface area contributed by atoms with Crippen molar-refractivity contribution in [2.45, 2.75) is 24.6 Å². The Morgan fingerprint density at radius 1 is 1.28 bits per heavy atom. The lowest BCUT2D eigenvalue weighted by Gasteiger charge is -2.08. The predicted molar refractivity (Wildman–Crippen MR) is 74.7 cm³/mol. The second-order valence-corrected chi connectivity index (χ2v) is 5.68. The summed E-state index contributed by atoms with van der Waals surface area (Å²) in [5.41, 5.74) is 9.67. The Hall–Kier alpha value is -1.68. The molecular weight excluding hydrogens is 244 g/mol. The molecule has 0 bridgehead atoms. The first kappa shape index (κ1) is 12.8. The van der Waals surface area contributed by atoms with E-state index in [1.807, 2.05) is 19.9 Å². The highest BCUT2D eigenvalue weighted by molar-refractivity contribution is 7.84. The van der Waals surface area contributed by atoms with Crippen LogP contribution in [0.15, 0.2) is 41.6 Å². The summed E-state index contributed by atoms with van der Waals surface area (Å²) in [6.07, 6.45) is 1.62. The van der Waals surface area contributed by atoms with Crippen molar-refractivity contribution < 1.29 is 4.21 Å². The molecule has 0 spiro atoms. The maximum Gasteiger partial charge on any atom is 0.150 e. The van der Waals surface area contributed by atoms with Gasteiger partial charge in [0.1, 0.15) is 5.03 Å². The number of hydrogen-bond acceptors (Lipinski definition) is 3. The van der Waals surface area contributed by atoms with Crippen molar-refractivity contribution in [2.24, 2.45) is 0 Å². The Kier molecular flexibility index (Phi) is 3.77. The van der Waals surface area contributed by atoms with E-state index in [-0.39, 0.29) is 0 Å². The number of anilines is 1. The van der Waals surface area contributed by atoms with Crippen molar-refractivity contribution in [3.8, 4) is 0 Å². The van der Waals surface area contributed by atoms with Crippen LogP contribution in [-0.4, -0.2) is 9.19 Å². The lowest BCUT2D eigenvalue weighted by atomic mass is 10.1. The second kappa shape index (κ2) is 5.31. The van der Waals surface area contributed by atoms with Crippen LogP contribution in [0.2, 0.25) is 0 Å². The summed E-state index contributed by atoms with van der Waals surface area (Å²) in [4.78, 5) is 4.10. The summed E-state index contributed by atoms with van der Waals surface area (Å²) in [6, 6.07) is 9.63. The molecule has 0 amide bonds. The van der Waals surface area contributed by atoms with Gasteiger partial charge in [-0.15, -0.1) is 0 Å². The molecule has 0 saturated heterocycles. The molecule has 1 aromatic carbocycles. The minimum absolute atomic E-state index is 0.453. The average molecular weight is 260 g/mol. The van der Waals surface area contributed by atoms with Crippen LogP contribution in [-0.2, 0) is 16.6 Å². The lowest BCUT2D eigenvalue weighted by Crippen LogP contribution is -2.04. The molecule has 0 radical (unpaired) electrons. The molecule has 0 saturated carbocycles. The molecule has 0 aliphatic carbocycles. The third kappa shape index (κ3) is 2.76. The molecule has 2 aromatic rings. The topological polar surface area (TPSA) is 56.0 Å². The summed E-state index contributed by atoms with van der Waals surface area (Å²) in [5.74, 6) is 0.453. The number of pyridine rings is 1. The number of aryl methyl sites for hydroxylation is 2. The molecule has 0 aliphatic heterocycles. The van der Waals surface area contributed by atoms with Crippen molar-refractivity contribution in [1.29, 1.82) is 0 Å². The van der Waals surface area contributed by atoms with Gasteiger partial charge in [0, 0.05) is 6.20 Å². The highest BCUT2D eigenvalue weighted by Gasteiger charge is 2.11. The zero-order valence-corrected chi connectivity index (χ0v) is 11.3. The van der Waals surface area contributed by atoms with Crippen LogP contribution in [0.1, 0.15) is 16.7 Å². The summed E-state index contributed by atoms with van der Waals surface area (Å²) in [6.45, 7) is 4.05. The molecule has 1 heterocycles. The van der Waals surface area contributed by atoms with Gasteiger partial charge in [-0.25, -0.2) is 4.98 Å². The van der Waals surface area contributed by atoms with Crippen LogP contribution in [0.3, 0.4) is 0 Å². The maximum absolute atomic E-state index is 12.3. The van der Waals surface area contributed by atoms with Gasteiger partial charge in [-0.05, 0) is 37.1 Å². The first-order valence-corrected chi connectivity index (χ1v) is 7.05. The highest BCUT2D eigenvalue weighted by Crippen LogP contribution is 2.19. The first-order valence-electron chi connectivity index (χ1n) is 5.73. The third-order valence-electron chi connectivity index (χ3n) is 2.81. The fourth-order valence-electron chi connectivity index (χ4n) is 1.76. The fraction of sp³-hybridized carbons (Fsp3) is 0.214. The SMILES string of the molecule is Cc1ccc(C)c(CS(=O)c2ncccc2N)c1. The van der Waals surface area contributed by atoms with E-state index in [4.69, 9.17) is 5.73 Å². The van der Waals surface area contributed by atoms with E-state index in [1.165, 1.54) is 5.56 Å². The van der Waals surface area contributed by atoms with E-state index >= 15 is 0 Å². The van der Waals surface area contributed by atoms with Gasteiger partial charge >= 0.3 is 0 Å². The number of nitrogen functional groups attached to an aromatic ring is 1. The number of aromatic nitrogens is 1. The number of hydrogen-bond donors (Lipinski definition) is 1. The van der Waals surface area contributed by atoms with Crippen LogP contribution in [0.25, 0.3) is 0 Å². The van der Waals surface area contributed by atoms with Gasteiger partial charge in [-0.3, -0.25) is 4.21 Å². The molecule has 1 unspecified atom stereocenters. The van der Waals surface area contributed by atoms with E-state index in [0.29, 0.717) is 16.5 Å². The molecular formula is C14H16N2OS. The quantitative estimate of drug-likeness (QED) is 0.922. The number of nitrogens with zero attached hydrogens (tertiary/aromatic N) is 1. The lowest BCUT2D eigenvalue weighted by molar-refractivity contribution is 0.680. The molecule has 3 nitrogen and oxygen atoms in total. The minimum atomic E-state index is -1.20. The average Bonchev–Trinajstić information content (AvgIpc) is 2.34. The van der Waals surface area contributed by atoms with Crippen LogP contribution in [0.5, 0.6) is 0 Å². The molecule has 4 heteroatoms. The first-order chi connectivity index (χ1) is 8.58. The van der Waals surface area contributed by atoms with Gasteiger partial charge in [-0.2, -0.15) is 0 Å². The zero-order chi connectivity index (χ0) is 13.1. The van der Waals surface area contributed by atoms with Crippen molar-refractivity contribution >= 4 is 16.5 Å². The van der Waals surface area contributed by atoms with Crippen LogP contribution in [0.4, 0.5) is 5.69 Å². The minimum Gasteiger partial charge on any atom is -0.396 e. The zero-order valence-electron chi connectivity index (χ0n) is 10.5. The highest BCUT2D eigenvalue weighted by atomic mass is 32.2. The molecule has 0 aliphatic rings. The number of nitrogens with two attached hydrogens (primary N) is 1. The molecule has 1 aromatic heterocycles. The van der Waals surface area contributed by atoms with E-state index < -0.39 is 10.8 Å². The van der Waals surface area contributed by atoms with Crippen LogP contribution in [0, 0.1) is 13.8 Å². The van der Waals surface area contributed by atoms with E-state index in [1.54, 1.807) is 18.3 Å². The van der Waals surface area contributed by atoms with Gasteiger partial charge in [0.25, 0.3) is 0 Å². The standard InChI is InChI=1S/C14H16N2OS/c1-10-5-6-11(2)12(8-10)9-18(17)14-13(15)4-3-7-16-14/h3-8H,9,15H2,1-2H3. The van der Waals surface area contributed by atoms with Gasteiger partial charge in [0.05, 0.1) is 22.2 Å². The fourth-order valence-corrected chi connectivity index (χ4v) is 3.00. The molecule has 18 heavy (non-hydrogen) atoms. The molecule has 0 fully saturated rings. The van der Waals surface area contributed by atoms with E-state index in [2.05, 4.69) is 17.1 Å². The van der Waals surface area contributed by atoms with Crippen molar-refractivity contribution in [2.75, 3.05) is 5.73 Å². The van der Waals surface area contributed by atoms with Crippen LogP contribution < -0.4 is 5.73 Å². The third-order valence-corrected chi connectivity index (χ3v) is 4.15. The Bertz CT molecular complexity index is 596. The monoisotopic (exact) mass is 260 g/mol. The van der Waals surface area contributed by atoms with Gasteiger partial charge < -0.3 is 5.73 Å². The van der Waals surface area contributed by atoms with Crippen LogP contribution >= 0.6 is 0 Å². The maximum atomic E-state index is 12.3. The summed E-state index contributed by atoms with van der Waals surface area (Å²) in [5, 5.41) is 0.471. The molecule has 2 rings (SSSR count). The van der Waals surface area contributed by atoms with E-state index in [0.717, 1.165) is 11.1 Å². The summed E-state index contributed by atoms with van der Waals surface area (Å²) in [7, 11) is -1.20. The Morgan fingerprint density at radius 2 is 2.06 bits per heavy atom. The summed E-state index contributed by atoms with van der Waals surface area (Å²) < 4.78 is 12.3. The van der Waals surface area contributed by atoms with Crippen molar-refractivity contribution in [3.05, 3.63) is 53.2 Å². The predicted octanol–water partition coefficient (Wildman–Crippen LogP) is 2.59. The normalized spacial score (nSPS) is 12.3. The second-order valence-electron chi connectivity index (χ2n) is 4.32. The number of rotatable bonds is 3. The van der Waals surface area contributed by atoms with Gasteiger partial charge in [-0.1, -0.05) is 23.8 Å². The van der Waals surface area contributed by atoms with Crippen molar-refractivity contribution in [3.63, 3.8) is 0 Å². The molecule has 2 N–H and O–H groups in total. The Balaban J connectivity index is 2.27. The smallest absolute Gasteiger partial charge is 0.150 e. The van der Waals surface area contributed by atoms with Crippen molar-refractivity contribution in [1.82, 2.24) is 4.98 Å². The van der Waals surface area contributed by atoms with Gasteiger partial charge in [0.2, 0.25) is 0 Å².